The molecule has 0 heterocycles. The first-order chi connectivity index (χ1) is 11.5. The summed E-state index contributed by atoms with van der Waals surface area (Å²) in [4.78, 5) is 11.7. The monoisotopic (exact) mass is 346 g/mol. The minimum atomic E-state index is -0.348. The van der Waals surface area contributed by atoms with Crippen LogP contribution in [0.1, 0.15) is 28.4 Å². The molecule has 0 radical (unpaired) electrons. The number of ether oxygens (including phenoxy) is 1. The number of anilines is 1. The maximum atomic E-state index is 13.1. The molecule has 2 aromatic rings. The van der Waals surface area contributed by atoms with E-state index in [9.17, 15) is 9.18 Å². The minimum Gasteiger partial charge on any atom is -0.462 e. The van der Waals surface area contributed by atoms with E-state index in [-0.39, 0.29) is 11.8 Å². The van der Waals surface area contributed by atoms with Crippen LogP contribution in [-0.2, 0) is 11.3 Å². The summed E-state index contributed by atoms with van der Waals surface area (Å²) in [7, 11) is 0. The maximum Gasteiger partial charge on any atom is 0.338 e. The summed E-state index contributed by atoms with van der Waals surface area (Å²) in [6, 6.07) is 11.5. The first kappa shape index (κ1) is 17.9. The Morgan fingerprint density at radius 1 is 1.25 bits per heavy atom. The van der Waals surface area contributed by atoms with Crippen molar-refractivity contribution < 1.29 is 13.9 Å². The second kappa shape index (κ2) is 8.40. The van der Waals surface area contributed by atoms with Gasteiger partial charge in [-0.05, 0) is 67.5 Å². The van der Waals surface area contributed by atoms with Crippen LogP contribution in [0.4, 0.5) is 10.1 Å². The van der Waals surface area contributed by atoms with Gasteiger partial charge in [0, 0.05) is 12.2 Å². The number of aryl methyl sites for hydroxylation is 1. The highest BCUT2D eigenvalue weighted by atomic mass is 32.1. The minimum absolute atomic E-state index is 0.279. The largest absolute Gasteiger partial charge is 0.462 e. The predicted octanol–water partition coefficient (Wildman–Crippen LogP) is 3.80. The van der Waals surface area contributed by atoms with Gasteiger partial charge >= 0.3 is 5.97 Å². The Hall–Kier alpha value is -2.47. The average Bonchev–Trinajstić information content (AvgIpc) is 2.55. The third kappa shape index (κ3) is 5.03. The Labute approximate surface area is 146 Å². The van der Waals surface area contributed by atoms with Crippen molar-refractivity contribution in [2.24, 2.45) is 0 Å². The fraction of sp³-hybridized carbons (Fsp3) is 0.222. The second-order valence-corrected chi connectivity index (χ2v) is 5.60. The number of nitrogens with one attached hydrogen (secondary N) is 2. The van der Waals surface area contributed by atoms with Crippen molar-refractivity contribution in [2.75, 3.05) is 11.9 Å². The molecule has 0 spiro atoms. The molecule has 0 aliphatic rings. The van der Waals surface area contributed by atoms with Gasteiger partial charge in [-0.1, -0.05) is 12.1 Å². The number of hydrogen-bond donors (Lipinski definition) is 2. The van der Waals surface area contributed by atoms with E-state index in [0.717, 1.165) is 16.8 Å². The van der Waals surface area contributed by atoms with Gasteiger partial charge in [0.1, 0.15) is 5.82 Å². The van der Waals surface area contributed by atoms with Crippen molar-refractivity contribution in [3.05, 3.63) is 65.0 Å². The van der Waals surface area contributed by atoms with Gasteiger partial charge in [-0.2, -0.15) is 0 Å². The summed E-state index contributed by atoms with van der Waals surface area (Å²) < 4.78 is 18.1. The van der Waals surface area contributed by atoms with Crippen molar-refractivity contribution in [3.8, 4) is 0 Å². The molecule has 0 aliphatic carbocycles. The SMILES string of the molecule is CCOC(=O)c1ccc(NC(=S)NCc2cccc(F)c2)c(C)c1. The molecule has 0 fully saturated rings. The van der Waals surface area contributed by atoms with Gasteiger partial charge in [0.25, 0.3) is 0 Å². The molecule has 126 valence electrons. The van der Waals surface area contributed by atoms with Crippen LogP contribution < -0.4 is 10.6 Å². The van der Waals surface area contributed by atoms with E-state index in [0.29, 0.717) is 23.8 Å². The molecule has 24 heavy (non-hydrogen) atoms. The van der Waals surface area contributed by atoms with E-state index in [1.165, 1.54) is 12.1 Å². The lowest BCUT2D eigenvalue weighted by Crippen LogP contribution is -2.28. The molecule has 0 unspecified atom stereocenters. The number of carbonyl (C=O) groups is 1. The topological polar surface area (TPSA) is 50.4 Å². The van der Waals surface area contributed by atoms with E-state index in [2.05, 4.69) is 10.6 Å². The molecule has 6 heteroatoms. The third-order valence-corrected chi connectivity index (χ3v) is 3.57. The van der Waals surface area contributed by atoms with Crippen molar-refractivity contribution in [2.45, 2.75) is 20.4 Å². The summed E-state index contributed by atoms with van der Waals surface area (Å²) in [6.07, 6.45) is 0. The lowest BCUT2D eigenvalue weighted by molar-refractivity contribution is 0.0526. The number of benzene rings is 2. The van der Waals surface area contributed by atoms with E-state index in [1.807, 2.05) is 13.0 Å². The van der Waals surface area contributed by atoms with Crippen LogP contribution in [0.3, 0.4) is 0 Å². The van der Waals surface area contributed by atoms with Crippen molar-refractivity contribution in [3.63, 3.8) is 0 Å². The molecule has 2 aromatic carbocycles. The molecule has 0 saturated heterocycles. The lowest BCUT2D eigenvalue weighted by Gasteiger charge is -2.13. The predicted molar refractivity (Wildman–Crippen MR) is 96.6 cm³/mol. The smallest absolute Gasteiger partial charge is 0.338 e. The van der Waals surface area contributed by atoms with E-state index < -0.39 is 0 Å². The Kier molecular flexibility index (Phi) is 6.26. The summed E-state index contributed by atoms with van der Waals surface area (Å²) in [5.74, 6) is -0.627. The first-order valence-corrected chi connectivity index (χ1v) is 7.97. The Balaban J connectivity index is 1.95. The van der Waals surface area contributed by atoms with E-state index in [1.54, 1.807) is 31.2 Å². The number of carbonyl (C=O) groups excluding carboxylic acids is 1. The quantitative estimate of drug-likeness (QED) is 0.637. The fourth-order valence-corrected chi connectivity index (χ4v) is 2.32. The molecule has 0 bridgehead atoms. The lowest BCUT2D eigenvalue weighted by atomic mass is 10.1. The normalized spacial score (nSPS) is 10.1. The number of rotatable bonds is 5. The molecular weight excluding hydrogens is 327 g/mol. The van der Waals surface area contributed by atoms with Crippen LogP contribution in [0.5, 0.6) is 0 Å². The highest BCUT2D eigenvalue weighted by molar-refractivity contribution is 7.80. The molecule has 2 rings (SSSR count). The summed E-state index contributed by atoms with van der Waals surface area (Å²) in [6.45, 7) is 4.40. The maximum absolute atomic E-state index is 13.1. The number of halogens is 1. The van der Waals surface area contributed by atoms with Crippen LogP contribution in [0.15, 0.2) is 42.5 Å². The van der Waals surface area contributed by atoms with Gasteiger partial charge in [0.05, 0.1) is 12.2 Å². The second-order valence-electron chi connectivity index (χ2n) is 5.19. The number of esters is 1. The molecule has 0 saturated carbocycles. The molecule has 4 nitrogen and oxygen atoms in total. The number of thiocarbonyl (C=S) groups is 1. The summed E-state index contributed by atoms with van der Waals surface area (Å²) in [5.41, 5.74) is 2.96. The molecular formula is C18H19FN2O2S. The van der Waals surface area contributed by atoms with Gasteiger partial charge in [0.2, 0.25) is 0 Å². The van der Waals surface area contributed by atoms with E-state index >= 15 is 0 Å². The van der Waals surface area contributed by atoms with Gasteiger partial charge in [-0.25, -0.2) is 9.18 Å². The fourth-order valence-electron chi connectivity index (χ4n) is 2.14. The first-order valence-electron chi connectivity index (χ1n) is 7.56. The standard InChI is InChI=1S/C18H19FN2O2S/c1-3-23-17(22)14-7-8-16(12(2)9-14)21-18(24)20-11-13-5-4-6-15(19)10-13/h4-10H,3,11H2,1-2H3,(H2,20,21,24). The zero-order chi connectivity index (χ0) is 17.5. The van der Waals surface area contributed by atoms with Gasteiger partial charge in [-0.3, -0.25) is 0 Å². The van der Waals surface area contributed by atoms with Crippen LogP contribution in [0.25, 0.3) is 0 Å². The average molecular weight is 346 g/mol. The van der Waals surface area contributed by atoms with Crippen LogP contribution in [0.2, 0.25) is 0 Å². The molecule has 0 amide bonds. The summed E-state index contributed by atoms with van der Waals surface area (Å²) in [5, 5.41) is 6.51. The van der Waals surface area contributed by atoms with Gasteiger partial charge in [-0.15, -0.1) is 0 Å². The van der Waals surface area contributed by atoms with Crippen molar-refractivity contribution >= 4 is 29.0 Å². The summed E-state index contributed by atoms with van der Waals surface area (Å²) >= 11 is 5.25. The van der Waals surface area contributed by atoms with Crippen LogP contribution in [0, 0.1) is 12.7 Å². The van der Waals surface area contributed by atoms with Crippen molar-refractivity contribution in [1.29, 1.82) is 0 Å². The highest BCUT2D eigenvalue weighted by Crippen LogP contribution is 2.17. The van der Waals surface area contributed by atoms with Gasteiger partial charge in [0.15, 0.2) is 5.11 Å². The van der Waals surface area contributed by atoms with E-state index in [4.69, 9.17) is 17.0 Å². The molecule has 0 aliphatic heterocycles. The molecule has 0 aromatic heterocycles. The zero-order valence-corrected chi connectivity index (χ0v) is 14.4. The third-order valence-electron chi connectivity index (χ3n) is 3.33. The van der Waals surface area contributed by atoms with Crippen molar-refractivity contribution in [1.82, 2.24) is 5.32 Å². The Morgan fingerprint density at radius 2 is 2.04 bits per heavy atom. The van der Waals surface area contributed by atoms with Crippen LogP contribution in [-0.4, -0.2) is 17.7 Å². The number of hydrogen-bond acceptors (Lipinski definition) is 3. The highest BCUT2D eigenvalue weighted by Gasteiger charge is 2.09. The van der Waals surface area contributed by atoms with Crippen LogP contribution >= 0.6 is 12.2 Å². The Morgan fingerprint density at radius 3 is 2.71 bits per heavy atom. The zero-order valence-electron chi connectivity index (χ0n) is 13.6. The van der Waals surface area contributed by atoms with Gasteiger partial charge < -0.3 is 15.4 Å². The molecule has 0 atom stereocenters. The Bertz CT molecular complexity index is 750. The molecule has 2 N–H and O–H groups in total.